The second-order valence-corrected chi connectivity index (χ2v) is 3.58. The molecule has 0 aromatic rings. The van der Waals surface area contributed by atoms with E-state index in [2.05, 4.69) is 27.8 Å². The standard InChI is InChI=1S/C8H16N4S/c1-9-8(13)11-10-7-3-5-12(2)6-4-7/h3-6H2,1-2H3,(H2,9,11,13). The molecule has 74 valence electrons. The minimum Gasteiger partial charge on any atom is -0.364 e. The van der Waals surface area contributed by atoms with Gasteiger partial charge in [0.05, 0.1) is 0 Å². The van der Waals surface area contributed by atoms with Gasteiger partial charge in [0.15, 0.2) is 5.11 Å². The average molecular weight is 200 g/mol. The van der Waals surface area contributed by atoms with E-state index in [1.54, 1.807) is 7.05 Å². The molecule has 0 spiro atoms. The van der Waals surface area contributed by atoms with E-state index >= 15 is 0 Å². The molecule has 1 rings (SSSR count). The van der Waals surface area contributed by atoms with Crippen LogP contribution >= 0.6 is 12.2 Å². The average Bonchev–Trinajstić information content (AvgIpc) is 2.16. The van der Waals surface area contributed by atoms with Crippen molar-refractivity contribution in [2.24, 2.45) is 5.10 Å². The molecule has 1 fully saturated rings. The largest absolute Gasteiger partial charge is 0.364 e. The Morgan fingerprint density at radius 3 is 2.62 bits per heavy atom. The molecule has 1 saturated heterocycles. The van der Waals surface area contributed by atoms with Gasteiger partial charge in [0.1, 0.15) is 0 Å². The Bertz CT molecular complexity index is 204. The number of likely N-dealkylation sites (tertiary alicyclic amines) is 1. The molecule has 2 N–H and O–H groups in total. The Kier molecular flexibility index (Phi) is 4.11. The first kappa shape index (κ1) is 10.4. The number of hydrazone groups is 1. The van der Waals surface area contributed by atoms with Gasteiger partial charge in [0, 0.05) is 38.7 Å². The van der Waals surface area contributed by atoms with Gasteiger partial charge in [-0.3, -0.25) is 5.43 Å². The number of hydrogen-bond donors (Lipinski definition) is 2. The highest BCUT2D eigenvalue weighted by atomic mass is 32.1. The Morgan fingerprint density at radius 2 is 2.08 bits per heavy atom. The Hall–Kier alpha value is -0.680. The van der Waals surface area contributed by atoms with Crippen molar-refractivity contribution in [2.45, 2.75) is 12.8 Å². The quantitative estimate of drug-likeness (QED) is 0.467. The fourth-order valence-electron chi connectivity index (χ4n) is 1.17. The molecular formula is C8H16N4S. The number of hydrogen-bond acceptors (Lipinski definition) is 3. The lowest BCUT2D eigenvalue weighted by Crippen LogP contribution is -2.33. The predicted molar refractivity (Wildman–Crippen MR) is 59.0 cm³/mol. The summed E-state index contributed by atoms with van der Waals surface area (Å²) in [5.41, 5.74) is 4.01. The summed E-state index contributed by atoms with van der Waals surface area (Å²) < 4.78 is 0. The van der Waals surface area contributed by atoms with Crippen LogP contribution in [0.25, 0.3) is 0 Å². The highest BCUT2D eigenvalue weighted by molar-refractivity contribution is 7.80. The lowest BCUT2D eigenvalue weighted by atomic mass is 10.1. The number of nitrogens with zero attached hydrogens (tertiary/aromatic N) is 2. The van der Waals surface area contributed by atoms with Gasteiger partial charge in [-0.1, -0.05) is 0 Å². The normalized spacial score (nSPS) is 18.2. The summed E-state index contributed by atoms with van der Waals surface area (Å²) in [6.45, 7) is 2.18. The number of thiocarbonyl (C=S) groups is 1. The van der Waals surface area contributed by atoms with Crippen molar-refractivity contribution in [1.82, 2.24) is 15.6 Å². The number of rotatable bonds is 1. The molecule has 0 radical (unpaired) electrons. The van der Waals surface area contributed by atoms with Crippen LogP contribution in [0.1, 0.15) is 12.8 Å². The highest BCUT2D eigenvalue weighted by Gasteiger charge is 2.10. The van der Waals surface area contributed by atoms with Gasteiger partial charge in [0.2, 0.25) is 0 Å². The van der Waals surface area contributed by atoms with E-state index in [1.807, 2.05) is 0 Å². The maximum absolute atomic E-state index is 4.91. The summed E-state index contributed by atoms with van der Waals surface area (Å²) in [7, 11) is 3.91. The van der Waals surface area contributed by atoms with E-state index in [-0.39, 0.29) is 0 Å². The van der Waals surface area contributed by atoms with Crippen molar-refractivity contribution in [2.75, 3.05) is 27.2 Å². The van der Waals surface area contributed by atoms with E-state index in [9.17, 15) is 0 Å². The van der Waals surface area contributed by atoms with Gasteiger partial charge >= 0.3 is 0 Å². The molecule has 0 unspecified atom stereocenters. The van der Waals surface area contributed by atoms with E-state index in [4.69, 9.17) is 12.2 Å². The molecule has 1 heterocycles. The van der Waals surface area contributed by atoms with Gasteiger partial charge < -0.3 is 10.2 Å². The molecule has 0 amide bonds. The van der Waals surface area contributed by atoms with Crippen molar-refractivity contribution in [1.29, 1.82) is 0 Å². The Labute approximate surface area is 84.4 Å². The monoisotopic (exact) mass is 200 g/mol. The summed E-state index contributed by atoms with van der Waals surface area (Å²) in [6.07, 6.45) is 2.08. The maximum Gasteiger partial charge on any atom is 0.186 e. The van der Waals surface area contributed by atoms with Crippen LogP contribution in [0, 0.1) is 0 Å². The zero-order valence-electron chi connectivity index (χ0n) is 8.13. The third-order valence-corrected chi connectivity index (χ3v) is 2.40. The molecule has 5 heteroatoms. The van der Waals surface area contributed by atoms with E-state index in [0.29, 0.717) is 5.11 Å². The van der Waals surface area contributed by atoms with Crippen molar-refractivity contribution in [3.8, 4) is 0 Å². The molecule has 0 atom stereocenters. The topological polar surface area (TPSA) is 39.7 Å². The SMILES string of the molecule is CNC(=S)NN=C1CCN(C)CC1. The van der Waals surface area contributed by atoms with Crippen LogP contribution in [0.2, 0.25) is 0 Å². The molecule has 13 heavy (non-hydrogen) atoms. The fraction of sp³-hybridized carbons (Fsp3) is 0.750. The molecule has 0 aliphatic carbocycles. The summed E-state index contributed by atoms with van der Waals surface area (Å²) in [5, 5.41) is 7.62. The molecule has 0 saturated carbocycles. The zero-order chi connectivity index (χ0) is 9.68. The van der Waals surface area contributed by atoms with Crippen LogP contribution in [0.5, 0.6) is 0 Å². The van der Waals surface area contributed by atoms with Gasteiger partial charge in [-0.05, 0) is 19.3 Å². The van der Waals surface area contributed by atoms with Gasteiger partial charge in [-0.25, -0.2) is 0 Å². The van der Waals surface area contributed by atoms with Gasteiger partial charge in [0.25, 0.3) is 0 Å². The molecular weight excluding hydrogens is 184 g/mol. The molecule has 0 aromatic heterocycles. The molecule has 4 nitrogen and oxygen atoms in total. The first-order valence-electron chi connectivity index (χ1n) is 4.44. The number of piperidine rings is 1. The molecule has 1 aliphatic rings. The van der Waals surface area contributed by atoms with Crippen LogP contribution < -0.4 is 10.7 Å². The Balaban J connectivity index is 2.31. The third kappa shape index (κ3) is 3.69. The first-order chi connectivity index (χ1) is 6.22. The zero-order valence-corrected chi connectivity index (χ0v) is 8.95. The van der Waals surface area contributed by atoms with Crippen molar-refractivity contribution in [3.63, 3.8) is 0 Å². The highest BCUT2D eigenvalue weighted by Crippen LogP contribution is 2.03. The minimum atomic E-state index is 0.575. The van der Waals surface area contributed by atoms with Crippen LogP contribution in [0.4, 0.5) is 0 Å². The van der Waals surface area contributed by atoms with Gasteiger partial charge in [-0.15, -0.1) is 0 Å². The van der Waals surface area contributed by atoms with E-state index < -0.39 is 0 Å². The summed E-state index contributed by atoms with van der Waals surface area (Å²) in [5.74, 6) is 0. The molecule has 1 aliphatic heterocycles. The third-order valence-electron chi connectivity index (χ3n) is 2.11. The number of nitrogens with one attached hydrogen (secondary N) is 2. The van der Waals surface area contributed by atoms with Crippen molar-refractivity contribution >= 4 is 23.0 Å². The maximum atomic E-state index is 4.91. The van der Waals surface area contributed by atoms with Crippen LogP contribution in [0.3, 0.4) is 0 Å². The van der Waals surface area contributed by atoms with Crippen molar-refractivity contribution in [3.05, 3.63) is 0 Å². The lowest BCUT2D eigenvalue weighted by molar-refractivity contribution is 0.335. The van der Waals surface area contributed by atoms with Gasteiger partial charge in [-0.2, -0.15) is 5.10 Å². The smallest absolute Gasteiger partial charge is 0.186 e. The minimum absolute atomic E-state index is 0.575. The van der Waals surface area contributed by atoms with Crippen molar-refractivity contribution < 1.29 is 0 Å². The van der Waals surface area contributed by atoms with E-state index in [0.717, 1.165) is 25.9 Å². The lowest BCUT2D eigenvalue weighted by Gasteiger charge is -2.22. The molecule has 0 bridgehead atoms. The summed E-state index contributed by atoms with van der Waals surface area (Å²) >= 11 is 4.91. The second kappa shape index (κ2) is 5.14. The summed E-state index contributed by atoms with van der Waals surface area (Å²) in [6, 6.07) is 0. The first-order valence-corrected chi connectivity index (χ1v) is 4.85. The molecule has 0 aromatic carbocycles. The van der Waals surface area contributed by atoms with Crippen LogP contribution in [-0.2, 0) is 0 Å². The van der Waals surface area contributed by atoms with Crippen LogP contribution in [-0.4, -0.2) is 42.9 Å². The summed E-state index contributed by atoms with van der Waals surface area (Å²) in [4.78, 5) is 2.30. The Morgan fingerprint density at radius 1 is 1.46 bits per heavy atom. The van der Waals surface area contributed by atoms with Crippen LogP contribution in [0.15, 0.2) is 5.10 Å². The fourth-order valence-corrected chi connectivity index (χ4v) is 1.22. The second-order valence-electron chi connectivity index (χ2n) is 3.17. The van der Waals surface area contributed by atoms with E-state index in [1.165, 1.54) is 5.71 Å². The predicted octanol–water partition coefficient (Wildman–Crippen LogP) is 0.162.